The molecule has 7 heteroatoms. The quantitative estimate of drug-likeness (QED) is 0.733. The van der Waals surface area contributed by atoms with Crippen molar-refractivity contribution in [1.29, 1.82) is 0 Å². The fraction of sp³-hybridized carbons (Fsp3) is 0.312. The molecule has 0 bridgehead atoms. The number of hydrogen-bond acceptors (Lipinski definition) is 5. The molecule has 1 saturated heterocycles. The summed E-state index contributed by atoms with van der Waals surface area (Å²) in [6.07, 6.45) is 2.75. The van der Waals surface area contributed by atoms with Crippen molar-refractivity contribution in [2.24, 2.45) is 5.73 Å². The molecule has 2 amide bonds. The summed E-state index contributed by atoms with van der Waals surface area (Å²) in [5.74, 6) is -0.238. The van der Waals surface area contributed by atoms with Crippen molar-refractivity contribution in [3.05, 3.63) is 36.0 Å². The first-order valence-corrected chi connectivity index (χ1v) is 7.09. The molecule has 0 spiro atoms. The number of primary amides is 1. The molecule has 1 aliphatic rings. The van der Waals surface area contributed by atoms with E-state index in [0.29, 0.717) is 30.0 Å². The summed E-state index contributed by atoms with van der Waals surface area (Å²) < 4.78 is 10.7. The first-order valence-electron chi connectivity index (χ1n) is 7.09. The van der Waals surface area contributed by atoms with Gasteiger partial charge in [-0.2, -0.15) is 0 Å². The monoisotopic (exact) mass is 317 g/mol. The van der Waals surface area contributed by atoms with E-state index in [1.807, 2.05) is 0 Å². The van der Waals surface area contributed by atoms with Gasteiger partial charge < -0.3 is 20.5 Å². The number of hydrogen-bond donors (Lipinski definition) is 2. The average molecular weight is 317 g/mol. The topological polar surface area (TPSA) is 104 Å². The highest BCUT2D eigenvalue weighted by atomic mass is 16.5. The minimum absolute atomic E-state index is 0.0154. The molecule has 2 rings (SSSR count). The van der Waals surface area contributed by atoms with Crippen LogP contribution in [0.2, 0.25) is 0 Å². The van der Waals surface area contributed by atoms with E-state index in [9.17, 15) is 9.59 Å². The van der Waals surface area contributed by atoms with Crippen LogP contribution in [0, 0.1) is 0 Å². The molecule has 7 nitrogen and oxygen atoms in total. The molecule has 2 heterocycles. The third-order valence-corrected chi connectivity index (χ3v) is 3.50. The minimum Gasteiger partial charge on any atom is -0.490 e. The number of nitrogens with zero attached hydrogens (tertiary/aromatic N) is 1. The smallest absolute Gasteiger partial charge is 0.254 e. The van der Waals surface area contributed by atoms with Gasteiger partial charge in [-0.05, 0) is 12.5 Å². The Balaban J connectivity index is 2.19. The highest BCUT2D eigenvalue weighted by Crippen LogP contribution is 2.25. The number of pyridine rings is 1. The van der Waals surface area contributed by atoms with Crippen LogP contribution in [0.1, 0.15) is 34.5 Å². The zero-order chi connectivity index (χ0) is 17.0. The largest absolute Gasteiger partial charge is 0.490 e. The highest BCUT2D eigenvalue weighted by Gasteiger charge is 2.22. The Kier molecular flexibility index (Phi) is 5.00. The summed E-state index contributed by atoms with van der Waals surface area (Å²) >= 11 is 0. The lowest BCUT2D eigenvalue weighted by molar-refractivity contribution is -0.119. The van der Waals surface area contributed by atoms with E-state index < -0.39 is 5.91 Å². The first kappa shape index (κ1) is 16.5. The normalized spacial score (nSPS) is 16.6. The number of aromatic nitrogens is 1. The predicted octanol–water partition coefficient (Wildman–Crippen LogP) is 1.10. The lowest BCUT2D eigenvalue weighted by atomic mass is 10.1. The van der Waals surface area contributed by atoms with Gasteiger partial charge >= 0.3 is 0 Å². The van der Waals surface area contributed by atoms with Gasteiger partial charge in [0.2, 0.25) is 11.8 Å². The Morgan fingerprint density at radius 2 is 2.35 bits per heavy atom. The Hall–Kier alpha value is -2.83. The molecule has 1 atom stereocenters. The summed E-state index contributed by atoms with van der Waals surface area (Å²) in [7, 11) is 1.39. The molecule has 0 saturated carbocycles. The van der Waals surface area contributed by atoms with Crippen LogP contribution in [0.5, 0.6) is 5.88 Å². The maximum absolute atomic E-state index is 11.4. The fourth-order valence-electron chi connectivity index (χ4n) is 2.29. The summed E-state index contributed by atoms with van der Waals surface area (Å²) in [6.45, 7) is 7.83. The van der Waals surface area contributed by atoms with Crippen molar-refractivity contribution in [2.75, 3.05) is 13.7 Å². The van der Waals surface area contributed by atoms with Crippen LogP contribution in [0.4, 0.5) is 0 Å². The molecule has 1 fully saturated rings. The molecule has 0 aromatic carbocycles. The molecular weight excluding hydrogens is 298 g/mol. The van der Waals surface area contributed by atoms with E-state index in [0.717, 1.165) is 6.42 Å². The Morgan fingerprint density at radius 1 is 1.61 bits per heavy atom. The molecule has 0 radical (unpaired) electrons. The van der Waals surface area contributed by atoms with E-state index in [1.165, 1.54) is 19.3 Å². The summed E-state index contributed by atoms with van der Waals surface area (Å²) in [5, 5.41) is 2.80. The van der Waals surface area contributed by atoms with Crippen molar-refractivity contribution in [2.45, 2.75) is 18.9 Å². The number of carbonyl (C=O) groups is 2. The van der Waals surface area contributed by atoms with Gasteiger partial charge in [-0.25, -0.2) is 4.98 Å². The first-order chi connectivity index (χ1) is 11.0. The van der Waals surface area contributed by atoms with E-state index in [1.54, 1.807) is 0 Å². The second-order valence-electron chi connectivity index (χ2n) is 5.09. The Bertz CT molecular complexity index is 670. The van der Waals surface area contributed by atoms with Crippen LogP contribution in [0.3, 0.4) is 0 Å². The number of ether oxygens (including phenoxy) is 2. The van der Waals surface area contributed by atoms with Gasteiger partial charge in [-0.15, -0.1) is 0 Å². The molecule has 1 aromatic rings. The lowest BCUT2D eigenvalue weighted by Gasteiger charge is -2.16. The van der Waals surface area contributed by atoms with Crippen molar-refractivity contribution >= 4 is 23.6 Å². The van der Waals surface area contributed by atoms with Gasteiger partial charge in [0, 0.05) is 12.0 Å². The molecular formula is C16H19N3O4. The summed E-state index contributed by atoms with van der Waals surface area (Å²) in [5.41, 5.74) is 6.43. The number of nitrogens with one attached hydrogen (secondary N) is 1. The van der Waals surface area contributed by atoms with Gasteiger partial charge in [-0.3, -0.25) is 9.59 Å². The third kappa shape index (κ3) is 3.68. The van der Waals surface area contributed by atoms with Gasteiger partial charge in [0.05, 0.1) is 13.2 Å². The van der Waals surface area contributed by atoms with Crippen molar-refractivity contribution < 1.29 is 19.1 Å². The van der Waals surface area contributed by atoms with Gasteiger partial charge in [-0.1, -0.05) is 19.2 Å². The number of methoxy groups -OCH3 is 1. The van der Waals surface area contributed by atoms with Crippen LogP contribution < -0.4 is 15.8 Å². The standard InChI is InChI=1S/C16H19N3O4/c1-4-10-7-12(15(17)21)16(22-3)19-14(10)9(2)23-8-11-5-6-13(20)18-11/h4,7,11H,1-2,5-6,8H2,3H3,(H2,17,21)(H,18,20)/t11-/m0/s1. The minimum atomic E-state index is -0.649. The Labute approximate surface area is 134 Å². The van der Waals surface area contributed by atoms with E-state index in [4.69, 9.17) is 15.2 Å². The molecule has 3 N–H and O–H groups in total. The second-order valence-corrected chi connectivity index (χ2v) is 5.09. The maximum atomic E-state index is 11.4. The fourth-order valence-corrected chi connectivity index (χ4v) is 2.29. The van der Waals surface area contributed by atoms with Crippen LogP contribution in [-0.4, -0.2) is 36.6 Å². The van der Waals surface area contributed by atoms with Crippen LogP contribution in [-0.2, 0) is 9.53 Å². The summed E-state index contributed by atoms with van der Waals surface area (Å²) in [6, 6.07) is 1.49. The van der Waals surface area contributed by atoms with E-state index >= 15 is 0 Å². The number of amides is 2. The van der Waals surface area contributed by atoms with Crippen molar-refractivity contribution in [3.63, 3.8) is 0 Å². The molecule has 1 aliphatic heterocycles. The SMILES string of the molecule is C=Cc1cc(C(N)=O)c(OC)nc1C(=C)OC[C@@H]1CCC(=O)N1. The number of carbonyl (C=O) groups excluding carboxylic acids is 2. The van der Waals surface area contributed by atoms with Crippen LogP contribution in [0.15, 0.2) is 19.2 Å². The van der Waals surface area contributed by atoms with Crippen LogP contribution in [0.25, 0.3) is 11.8 Å². The molecule has 1 aromatic heterocycles. The lowest BCUT2D eigenvalue weighted by Crippen LogP contribution is -2.29. The maximum Gasteiger partial charge on any atom is 0.254 e. The zero-order valence-electron chi connectivity index (χ0n) is 12.9. The molecule has 0 aliphatic carbocycles. The molecule has 0 unspecified atom stereocenters. The molecule has 23 heavy (non-hydrogen) atoms. The highest BCUT2D eigenvalue weighted by molar-refractivity contribution is 5.96. The predicted molar refractivity (Wildman–Crippen MR) is 85.5 cm³/mol. The van der Waals surface area contributed by atoms with Crippen molar-refractivity contribution in [1.82, 2.24) is 10.3 Å². The third-order valence-electron chi connectivity index (χ3n) is 3.50. The van der Waals surface area contributed by atoms with Crippen molar-refractivity contribution in [3.8, 4) is 5.88 Å². The van der Waals surface area contributed by atoms with E-state index in [2.05, 4.69) is 23.5 Å². The number of nitrogens with two attached hydrogens (primary N) is 1. The van der Waals surface area contributed by atoms with Gasteiger partial charge in [0.15, 0.2) is 0 Å². The average Bonchev–Trinajstić information content (AvgIpc) is 2.96. The second kappa shape index (κ2) is 6.95. The van der Waals surface area contributed by atoms with Crippen LogP contribution >= 0.6 is 0 Å². The number of rotatable bonds is 7. The Morgan fingerprint density at radius 3 is 2.87 bits per heavy atom. The van der Waals surface area contributed by atoms with E-state index in [-0.39, 0.29) is 23.4 Å². The van der Waals surface area contributed by atoms with Gasteiger partial charge in [0.25, 0.3) is 5.91 Å². The molecule has 122 valence electrons. The summed E-state index contributed by atoms with van der Waals surface area (Å²) in [4.78, 5) is 26.8. The zero-order valence-corrected chi connectivity index (χ0v) is 12.9. The van der Waals surface area contributed by atoms with Gasteiger partial charge in [0.1, 0.15) is 23.6 Å².